The van der Waals surface area contributed by atoms with Crippen LogP contribution in [0, 0.1) is 0 Å². The zero-order valence-corrected chi connectivity index (χ0v) is 12.6. The molecule has 0 atom stereocenters. The normalized spacial score (nSPS) is 17.0. The van der Waals surface area contributed by atoms with Crippen LogP contribution < -0.4 is 5.32 Å². The Hall–Kier alpha value is -1.92. The molecular weight excluding hydrogens is 321 g/mol. The Labute approximate surface area is 130 Å². The number of phenolic OH excluding ortho intramolecular Hbond substituents is 1. The van der Waals surface area contributed by atoms with Crippen LogP contribution in [0.5, 0.6) is 5.75 Å². The van der Waals surface area contributed by atoms with Crippen LogP contribution in [0.25, 0.3) is 0 Å². The fourth-order valence-electron chi connectivity index (χ4n) is 1.60. The Morgan fingerprint density at radius 1 is 1.19 bits per heavy atom. The molecule has 0 aromatic heterocycles. The Kier molecular flexibility index (Phi) is 4.02. The van der Waals surface area contributed by atoms with Crippen molar-refractivity contribution < 1.29 is 24.2 Å². The first kappa shape index (κ1) is 15.5. The number of anilines is 1. The molecule has 0 bridgehead atoms. The lowest BCUT2D eigenvalue weighted by Gasteiger charge is -2.29. The maximum absolute atomic E-state index is 11.7. The Morgan fingerprint density at radius 2 is 1.76 bits per heavy atom. The van der Waals surface area contributed by atoms with Crippen LogP contribution in [0.3, 0.4) is 0 Å². The topological polar surface area (TPSA) is 84.9 Å². The van der Waals surface area contributed by atoms with Crippen LogP contribution >= 0.6 is 23.2 Å². The summed E-state index contributed by atoms with van der Waals surface area (Å²) in [5.41, 5.74) is -0.193. The van der Waals surface area contributed by atoms with E-state index in [2.05, 4.69) is 5.32 Å². The van der Waals surface area contributed by atoms with Gasteiger partial charge in [0.1, 0.15) is 10.8 Å². The van der Waals surface area contributed by atoms with Crippen molar-refractivity contribution in [2.75, 3.05) is 5.32 Å². The third kappa shape index (κ3) is 3.22. The van der Waals surface area contributed by atoms with E-state index in [0.29, 0.717) is 0 Å². The van der Waals surface area contributed by atoms with Gasteiger partial charge in [-0.25, -0.2) is 9.59 Å². The summed E-state index contributed by atoms with van der Waals surface area (Å²) in [6.07, 6.45) is 1.06. The Bertz CT molecular complexity index is 632. The van der Waals surface area contributed by atoms with E-state index in [1.165, 1.54) is 26.0 Å². The standard InChI is InChI=1S/C13H11Cl2NO5/c1-13(2)20-11(18)6(12(19)21-13)5-16-10-7(14)3-4-8(17)9(10)15/h3-5,16-17H,1-2H3. The van der Waals surface area contributed by atoms with Gasteiger partial charge >= 0.3 is 11.9 Å². The molecule has 1 aromatic carbocycles. The van der Waals surface area contributed by atoms with Crippen LogP contribution in [-0.2, 0) is 19.1 Å². The SMILES string of the molecule is CC1(C)OC(=O)C(=CNc2c(Cl)ccc(O)c2Cl)C(=O)O1. The van der Waals surface area contributed by atoms with Gasteiger partial charge in [0.15, 0.2) is 5.57 Å². The largest absolute Gasteiger partial charge is 0.506 e. The van der Waals surface area contributed by atoms with Crippen LogP contribution in [0.4, 0.5) is 5.69 Å². The number of hydrogen-bond donors (Lipinski definition) is 2. The molecule has 1 heterocycles. The lowest BCUT2D eigenvalue weighted by molar-refractivity contribution is -0.222. The van der Waals surface area contributed by atoms with Gasteiger partial charge in [-0.05, 0) is 12.1 Å². The zero-order chi connectivity index (χ0) is 15.8. The molecule has 2 N–H and O–H groups in total. The molecule has 1 fully saturated rings. The summed E-state index contributed by atoms with van der Waals surface area (Å²) in [6.45, 7) is 2.88. The smallest absolute Gasteiger partial charge is 0.350 e. The van der Waals surface area contributed by atoms with E-state index in [4.69, 9.17) is 32.7 Å². The van der Waals surface area contributed by atoms with Crippen LogP contribution in [0.1, 0.15) is 13.8 Å². The number of nitrogens with one attached hydrogen (secondary N) is 1. The molecule has 0 radical (unpaired) electrons. The fraction of sp³-hybridized carbons (Fsp3) is 0.231. The predicted molar refractivity (Wildman–Crippen MR) is 76.1 cm³/mol. The Balaban J connectivity index is 2.28. The molecule has 6 nitrogen and oxygen atoms in total. The third-order valence-electron chi connectivity index (χ3n) is 2.55. The molecule has 1 aliphatic rings. The molecule has 0 saturated carbocycles. The molecule has 2 rings (SSSR count). The number of aromatic hydroxyl groups is 1. The second-order valence-corrected chi connectivity index (χ2v) is 5.42. The number of benzene rings is 1. The highest BCUT2D eigenvalue weighted by Gasteiger charge is 2.39. The first-order valence-corrected chi connectivity index (χ1v) is 6.57. The lowest BCUT2D eigenvalue weighted by Crippen LogP contribution is -2.42. The minimum Gasteiger partial charge on any atom is -0.506 e. The van der Waals surface area contributed by atoms with E-state index < -0.39 is 17.7 Å². The van der Waals surface area contributed by atoms with Crippen molar-refractivity contribution in [2.45, 2.75) is 19.6 Å². The van der Waals surface area contributed by atoms with Crippen molar-refractivity contribution in [3.05, 3.63) is 34.0 Å². The van der Waals surface area contributed by atoms with Crippen molar-refractivity contribution >= 4 is 40.8 Å². The number of carbonyl (C=O) groups excluding carboxylic acids is 2. The van der Waals surface area contributed by atoms with E-state index in [1.807, 2.05) is 0 Å². The number of carbonyl (C=O) groups is 2. The summed E-state index contributed by atoms with van der Waals surface area (Å²) in [7, 11) is 0. The molecule has 0 aliphatic carbocycles. The van der Waals surface area contributed by atoms with E-state index in [9.17, 15) is 14.7 Å². The van der Waals surface area contributed by atoms with E-state index in [-0.39, 0.29) is 27.1 Å². The van der Waals surface area contributed by atoms with Crippen LogP contribution in [-0.4, -0.2) is 22.8 Å². The number of ether oxygens (including phenoxy) is 2. The van der Waals surface area contributed by atoms with Crippen molar-refractivity contribution in [1.82, 2.24) is 0 Å². The fourth-order valence-corrected chi connectivity index (χ4v) is 2.08. The lowest BCUT2D eigenvalue weighted by atomic mass is 10.2. The molecule has 112 valence electrons. The number of rotatable bonds is 2. The molecule has 0 unspecified atom stereocenters. The molecule has 21 heavy (non-hydrogen) atoms. The molecule has 8 heteroatoms. The maximum atomic E-state index is 11.7. The van der Waals surface area contributed by atoms with E-state index in [0.717, 1.165) is 6.20 Å². The van der Waals surface area contributed by atoms with Crippen LogP contribution in [0.2, 0.25) is 10.0 Å². The molecule has 1 aliphatic heterocycles. The summed E-state index contributed by atoms with van der Waals surface area (Å²) < 4.78 is 9.85. The van der Waals surface area contributed by atoms with Gasteiger partial charge in [-0.2, -0.15) is 0 Å². The number of cyclic esters (lactones) is 2. The number of halogens is 2. The van der Waals surface area contributed by atoms with Crippen LogP contribution in [0.15, 0.2) is 23.9 Å². The minimum atomic E-state index is -1.31. The van der Waals surface area contributed by atoms with Gasteiger partial charge in [0, 0.05) is 20.0 Å². The van der Waals surface area contributed by atoms with E-state index >= 15 is 0 Å². The van der Waals surface area contributed by atoms with Crippen molar-refractivity contribution in [1.29, 1.82) is 0 Å². The van der Waals surface area contributed by atoms with E-state index in [1.54, 1.807) is 0 Å². The first-order valence-electron chi connectivity index (χ1n) is 5.81. The summed E-state index contributed by atoms with van der Waals surface area (Å²) >= 11 is 11.8. The highest BCUT2D eigenvalue weighted by molar-refractivity contribution is 6.40. The van der Waals surface area contributed by atoms with Gasteiger partial charge < -0.3 is 19.9 Å². The van der Waals surface area contributed by atoms with Gasteiger partial charge in [-0.15, -0.1) is 0 Å². The van der Waals surface area contributed by atoms with Gasteiger partial charge in [0.05, 0.1) is 10.7 Å². The third-order valence-corrected chi connectivity index (χ3v) is 3.25. The van der Waals surface area contributed by atoms with Crippen molar-refractivity contribution in [3.63, 3.8) is 0 Å². The minimum absolute atomic E-state index is 0.0442. The van der Waals surface area contributed by atoms with Gasteiger partial charge in [-0.3, -0.25) is 0 Å². The Morgan fingerprint density at radius 3 is 2.33 bits per heavy atom. The average molecular weight is 332 g/mol. The summed E-state index contributed by atoms with van der Waals surface area (Å²) in [6, 6.07) is 2.72. The summed E-state index contributed by atoms with van der Waals surface area (Å²) in [4.78, 5) is 23.5. The van der Waals surface area contributed by atoms with Gasteiger partial charge in [0.2, 0.25) is 0 Å². The summed E-state index contributed by atoms with van der Waals surface area (Å²) in [5.74, 6) is -3.18. The van der Waals surface area contributed by atoms with Crippen molar-refractivity contribution in [2.24, 2.45) is 0 Å². The second kappa shape index (κ2) is 5.46. The molecular formula is C13H11Cl2NO5. The predicted octanol–water partition coefficient (Wildman–Crippen LogP) is 2.83. The zero-order valence-electron chi connectivity index (χ0n) is 11.1. The monoisotopic (exact) mass is 331 g/mol. The second-order valence-electron chi connectivity index (χ2n) is 4.64. The maximum Gasteiger partial charge on any atom is 0.350 e. The highest BCUT2D eigenvalue weighted by Crippen LogP contribution is 2.37. The molecule has 0 spiro atoms. The van der Waals surface area contributed by atoms with Gasteiger partial charge in [0.25, 0.3) is 5.79 Å². The number of esters is 2. The number of hydrogen-bond acceptors (Lipinski definition) is 6. The van der Waals surface area contributed by atoms with Crippen molar-refractivity contribution in [3.8, 4) is 5.75 Å². The molecule has 1 saturated heterocycles. The molecule has 1 aromatic rings. The summed E-state index contributed by atoms with van der Waals surface area (Å²) in [5, 5.41) is 12.2. The molecule has 0 amide bonds. The quantitative estimate of drug-likeness (QED) is 0.492. The average Bonchev–Trinajstić information content (AvgIpc) is 2.35. The highest BCUT2D eigenvalue weighted by atomic mass is 35.5. The first-order chi connectivity index (χ1) is 9.71. The van der Waals surface area contributed by atoms with Gasteiger partial charge in [-0.1, -0.05) is 23.2 Å². The number of phenols is 1.